The first-order valence-electron chi connectivity index (χ1n) is 13.0. The number of aromatic nitrogens is 4. The van der Waals surface area contributed by atoms with E-state index in [1.54, 1.807) is 0 Å². The number of fused-ring (bicyclic) bond motifs is 12. The zero-order chi connectivity index (χ0) is 25.2. The van der Waals surface area contributed by atoms with Gasteiger partial charge in [0.25, 0.3) is 0 Å². The van der Waals surface area contributed by atoms with E-state index in [1.807, 2.05) is 30.3 Å². The first-order valence-corrected chi connectivity index (χ1v) is 13.0. The molecule has 5 heterocycles. The molecule has 9 aromatic rings. The van der Waals surface area contributed by atoms with E-state index in [-0.39, 0.29) is 0 Å². The molecule has 0 N–H and O–H groups in total. The van der Waals surface area contributed by atoms with Gasteiger partial charge in [-0.3, -0.25) is 8.97 Å². The molecule has 0 saturated heterocycles. The van der Waals surface area contributed by atoms with Gasteiger partial charge in [0.2, 0.25) is 11.5 Å². The van der Waals surface area contributed by atoms with Crippen LogP contribution >= 0.6 is 0 Å². The van der Waals surface area contributed by atoms with Crippen LogP contribution in [0.5, 0.6) is 11.5 Å². The van der Waals surface area contributed by atoms with Crippen molar-refractivity contribution in [3.63, 3.8) is 0 Å². The summed E-state index contributed by atoms with van der Waals surface area (Å²) in [4.78, 5) is 5.07. The van der Waals surface area contributed by atoms with Gasteiger partial charge in [0, 0.05) is 16.2 Å². The molecule has 1 aliphatic rings. The van der Waals surface area contributed by atoms with E-state index >= 15 is 0 Å². The van der Waals surface area contributed by atoms with E-state index in [0.29, 0.717) is 5.71 Å². The Labute approximate surface area is 220 Å². The molecule has 4 aromatic heterocycles. The molecule has 0 bridgehead atoms. The summed E-state index contributed by atoms with van der Waals surface area (Å²) in [5.41, 5.74) is 8.93. The maximum absolute atomic E-state index is 6.44. The SMILES string of the molecule is c1ccc2c(c1)Oc1ccc(-n3c4ccccc4n4c5c(nc34)oc3ccccc35)c3c4ccccc4n-2c13. The van der Waals surface area contributed by atoms with Gasteiger partial charge in [-0.05, 0) is 54.6 Å². The lowest BCUT2D eigenvalue weighted by Gasteiger charge is -2.21. The van der Waals surface area contributed by atoms with Crippen LogP contribution in [-0.2, 0) is 0 Å². The van der Waals surface area contributed by atoms with Crippen LogP contribution in [0.1, 0.15) is 0 Å². The van der Waals surface area contributed by atoms with E-state index in [4.69, 9.17) is 14.1 Å². The van der Waals surface area contributed by atoms with E-state index in [1.165, 1.54) is 5.39 Å². The summed E-state index contributed by atoms with van der Waals surface area (Å²) in [7, 11) is 0. The Balaban J connectivity index is 1.42. The maximum Gasteiger partial charge on any atom is 0.248 e. The number of furan rings is 1. The van der Waals surface area contributed by atoms with Gasteiger partial charge >= 0.3 is 0 Å². The largest absolute Gasteiger partial charge is 0.453 e. The van der Waals surface area contributed by atoms with Crippen molar-refractivity contribution in [1.29, 1.82) is 0 Å². The van der Waals surface area contributed by atoms with Crippen LogP contribution in [0.2, 0.25) is 0 Å². The van der Waals surface area contributed by atoms with Gasteiger partial charge in [0.05, 0.1) is 33.4 Å². The van der Waals surface area contributed by atoms with Crippen molar-refractivity contribution in [2.24, 2.45) is 0 Å². The third-order valence-corrected chi connectivity index (χ3v) is 8.06. The van der Waals surface area contributed by atoms with Gasteiger partial charge in [-0.25, -0.2) is 0 Å². The molecule has 10 rings (SSSR count). The second-order valence-electron chi connectivity index (χ2n) is 10.1. The fraction of sp³-hybridized carbons (Fsp3) is 0. The number of imidazole rings is 2. The second kappa shape index (κ2) is 6.68. The summed E-state index contributed by atoms with van der Waals surface area (Å²) < 4.78 is 19.5. The minimum Gasteiger partial charge on any atom is -0.453 e. The molecule has 0 aliphatic carbocycles. The predicted molar refractivity (Wildman–Crippen MR) is 154 cm³/mol. The fourth-order valence-corrected chi connectivity index (χ4v) is 6.53. The molecule has 0 saturated carbocycles. The topological polar surface area (TPSA) is 49.5 Å². The highest BCUT2D eigenvalue weighted by atomic mass is 16.5. The summed E-state index contributed by atoms with van der Waals surface area (Å²) in [6, 6.07) is 37.6. The van der Waals surface area contributed by atoms with Crippen molar-refractivity contribution in [2.75, 3.05) is 0 Å². The number of ether oxygens (including phenoxy) is 1. The Kier molecular flexibility index (Phi) is 3.36. The van der Waals surface area contributed by atoms with E-state index in [2.05, 4.69) is 92.4 Å². The molecule has 182 valence electrons. The summed E-state index contributed by atoms with van der Waals surface area (Å²) in [5.74, 6) is 2.52. The fourth-order valence-electron chi connectivity index (χ4n) is 6.53. The van der Waals surface area contributed by atoms with Crippen molar-refractivity contribution in [3.05, 3.63) is 109 Å². The Morgan fingerprint density at radius 1 is 0.538 bits per heavy atom. The van der Waals surface area contributed by atoms with Gasteiger partial charge in [-0.2, -0.15) is 4.98 Å². The Morgan fingerprint density at radius 3 is 2.21 bits per heavy atom. The van der Waals surface area contributed by atoms with Crippen LogP contribution in [0.3, 0.4) is 0 Å². The summed E-state index contributed by atoms with van der Waals surface area (Å²) in [5, 5.41) is 3.35. The van der Waals surface area contributed by atoms with E-state index in [9.17, 15) is 0 Å². The number of hydrogen-bond donors (Lipinski definition) is 0. The summed E-state index contributed by atoms with van der Waals surface area (Å²) in [6.07, 6.45) is 0. The third kappa shape index (κ3) is 2.27. The standard InChI is InChI=1S/C33H18N4O2/c1-3-11-21-19(9-1)29-25(17-18-28-31(29)35(21)24-14-6-8-16-27(24)38-28)36-22-12-4-5-13-23(22)37-30-20-10-2-7-15-26(20)39-32(30)34-33(36)37/h1-18H. The first-order chi connectivity index (χ1) is 19.4. The van der Waals surface area contributed by atoms with Gasteiger partial charge < -0.3 is 13.7 Å². The molecular formula is C33H18N4O2. The van der Waals surface area contributed by atoms with Gasteiger partial charge in [-0.1, -0.05) is 54.6 Å². The highest BCUT2D eigenvalue weighted by Crippen LogP contribution is 2.48. The van der Waals surface area contributed by atoms with Gasteiger partial charge in [0.1, 0.15) is 11.1 Å². The van der Waals surface area contributed by atoms with Crippen LogP contribution in [0.4, 0.5) is 0 Å². The van der Waals surface area contributed by atoms with Gasteiger partial charge in [-0.15, -0.1) is 0 Å². The Bertz CT molecular complexity index is 2490. The molecule has 6 heteroatoms. The lowest BCUT2D eigenvalue weighted by molar-refractivity contribution is 0.476. The average molecular weight is 503 g/mol. The summed E-state index contributed by atoms with van der Waals surface area (Å²) >= 11 is 0. The zero-order valence-corrected chi connectivity index (χ0v) is 20.5. The smallest absolute Gasteiger partial charge is 0.248 e. The van der Waals surface area contributed by atoms with Crippen molar-refractivity contribution in [1.82, 2.24) is 18.5 Å². The number of hydrogen-bond acceptors (Lipinski definition) is 3. The maximum atomic E-state index is 6.44. The van der Waals surface area contributed by atoms with Crippen LogP contribution in [0, 0.1) is 0 Å². The molecule has 0 radical (unpaired) electrons. The van der Waals surface area contributed by atoms with Crippen molar-refractivity contribution >= 4 is 60.8 Å². The van der Waals surface area contributed by atoms with Gasteiger partial charge in [0.15, 0.2) is 11.5 Å². The molecule has 6 nitrogen and oxygen atoms in total. The molecule has 0 unspecified atom stereocenters. The molecule has 5 aromatic carbocycles. The predicted octanol–water partition coefficient (Wildman–Crippen LogP) is 8.38. The zero-order valence-electron chi connectivity index (χ0n) is 20.5. The molecule has 1 aliphatic heterocycles. The number of rotatable bonds is 1. The normalized spacial score (nSPS) is 12.8. The molecule has 0 atom stereocenters. The number of para-hydroxylation sites is 6. The molecule has 39 heavy (non-hydrogen) atoms. The number of nitrogens with zero attached hydrogens (tertiary/aromatic N) is 4. The lowest BCUT2D eigenvalue weighted by atomic mass is 10.1. The second-order valence-corrected chi connectivity index (χ2v) is 10.1. The third-order valence-electron chi connectivity index (χ3n) is 8.06. The Morgan fingerprint density at radius 2 is 1.28 bits per heavy atom. The number of benzene rings is 5. The molecular weight excluding hydrogens is 484 g/mol. The van der Waals surface area contributed by atoms with Crippen LogP contribution in [0.25, 0.3) is 72.2 Å². The summed E-state index contributed by atoms with van der Waals surface area (Å²) in [6.45, 7) is 0. The molecule has 0 fully saturated rings. The van der Waals surface area contributed by atoms with Crippen LogP contribution in [0.15, 0.2) is 114 Å². The minimum absolute atomic E-state index is 0.638. The van der Waals surface area contributed by atoms with Crippen molar-refractivity contribution in [3.8, 4) is 22.9 Å². The highest BCUT2D eigenvalue weighted by Gasteiger charge is 2.28. The van der Waals surface area contributed by atoms with Crippen LogP contribution in [-0.4, -0.2) is 18.5 Å². The highest BCUT2D eigenvalue weighted by molar-refractivity contribution is 6.16. The molecule has 0 spiro atoms. The quantitative estimate of drug-likeness (QED) is 0.227. The minimum atomic E-state index is 0.638. The Hall–Kier alpha value is -5.49. The lowest BCUT2D eigenvalue weighted by Crippen LogP contribution is -2.05. The average Bonchev–Trinajstić information content (AvgIpc) is 3.70. The van der Waals surface area contributed by atoms with E-state index < -0.39 is 0 Å². The molecule has 0 amide bonds. The monoisotopic (exact) mass is 502 g/mol. The van der Waals surface area contributed by atoms with Crippen molar-refractivity contribution in [2.45, 2.75) is 0 Å². The van der Waals surface area contributed by atoms with Crippen LogP contribution < -0.4 is 4.74 Å². The van der Waals surface area contributed by atoms with E-state index in [0.717, 1.165) is 72.6 Å². The first kappa shape index (κ1) is 19.6. The van der Waals surface area contributed by atoms with Crippen molar-refractivity contribution < 1.29 is 9.15 Å².